The molecule has 2 aromatic rings. The van der Waals surface area contributed by atoms with Crippen molar-refractivity contribution in [3.63, 3.8) is 0 Å². The predicted octanol–water partition coefficient (Wildman–Crippen LogP) is 2.40. The van der Waals surface area contributed by atoms with Gasteiger partial charge in [-0.15, -0.1) is 11.8 Å². The summed E-state index contributed by atoms with van der Waals surface area (Å²) in [5, 5.41) is 16.2. The molecule has 1 amide bonds. The van der Waals surface area contributed by atoms with Crippen LogP contribution in [-0.2, 0) is 20.9 Å². The third-order valence-electron chi connectivity index (χ3n) is 4.00. The highest BCUT2D eigenvalue weighted by Gasteiger charge is 2.30. The number of carbonyl (C=O) groups is 2. The van der Waals surface area contributed by atoms with Gasteiger partial charge in [-0.1, -0.05) is 12.1 Å². The summed E-state index contributed by atoms with van der Waals surface area (Å²) in [6.45, 7) is 3.83. The summed E-state index contributed by atoms with van der Waals surface area (Å²) < 4.78 is 6.48. The number of nitrogens with one attached hydrogen (secondary N) is 1. The van der Waals surface area contributed by atoms with Gasteiger partial charge in [0, 0.05) is 5.56 Å². The summed E-state index contributed by atoms with van der Waals surface area (Å²) in [7, 11) is 0. The zero-order valence-electron chi connectivity index (χ0n) is 14.5. The van der Waals surface area contributed by atoms with Crippen molar-refractivity contribution in [2.24, 2.45) is 0 Å². The van der Waals surface area contributed by atoms with E-state index in [0.717, 1.165) is 16.8 Å². The molecule has 3 rings (SSSR count). The van der Waals surface area contributed by atoms with Gasteiger partial charge in [0.1, 0.15) is 12.4 Å². The fourth-order valence-electron chi connectivity index (χ4n) is 2.89. The Balaban J connectivity index is 2.03. The molecule has 1 N–H and O–H groups in total. The molecule has 0 radical (unpaired) electrons. The van der Waals surface area contributed by atoms with Crippen LogP contribution in [0.5, 0.6) is 0 Å². The number of aromatic nitrogens is 2. The molecule has 0 saturated heterocycles. The van der Waals surface area contributed by atoms with Crippen molar-refractivity contribution in [1.29, 1.82) is 5.26 Å². The molecular formula is C18H18N4O3S. The summed E-state index contributed by atoms with van der Waals surface area (Å²) in [5.74, 6) is 0.272. The maximum absolute atomic E-state index is 12.2. The molecule has 1 atom stereocenters. The van der Waals surface area contributed by atoms with E-state index < -0.39 is 5.97 Å². The largest absolute Gasteiger partial charge is 0.465 e. The summed E-state index contributed by atoms with van der Waals surface area (Å²) >= 11 is 1.49. The topological polar surface area (TPSA) is 97.0 Å². The number of benzene rings is 1. The van der Waals surface area contributed by atoms with Crippen LogP contribution in [0.3, 0.4) is 0 Å². The Morgan fingerprint density at radius 1 is 1.46 bits per heavy atom. The first-order valence-electron chi connectivity index (χ1n) is 8.18. The Bertz CT molecular complexity index is 883. The van der Waals surface area contributed by atoms with Gasteiger partial charge in [0.2, 0.25) is 5.91 Å². The van der Waals surface area contributed by atoms with Gasteiger partial charge in [-0.3, -0.25) is 9.59 Å². The molecule has 0 fully saturated rings. The highest BCUT2D eigenvalue weighted by atomic mass is 32.2. The molecule has 1 aliphatic heterocycles. The fourth-order valence-corrected chi connectivity index (χ4v) is 4.08. The van der Waals surface area contributed by atoms with E-state index in [1.165, 1.54) is 16.4 Å². The lowest BCUT2D eigenvalue weighted by Crippen LogP contribution is -2.20. The Hall–Kier alpha value is -2.79. The lowest BCUT2D eigenvalue weighted by atomic mass is 10.0. The summed E-state index contributed by atoms with van der Waals surface area (Å²) in [6, 6.07) is 9.39. The molecule has 1 aromatic heterocycles. The van der Waals surface area contributed by atoms with Crippen molar-refractivity contribution in [1.82, 2.24) is 9.78 Å². The normalized spacial score (nSPS) is 16.2. The smallest absolute Gasteiger partial charge is 0.327 e. The Kier molecular flexibility index (Phi) is 5.28. The molecule has 1 aliphatic rings. The van der Waals surface area contributed by atoms with Crippen LogP contribution >= 0.6 is 11.8 Å². The molecule has 0 saturated carbocycles. The van der Waals surface area contributed by atoms with Crippen molar-refractivity contribution >= 4 is 29.5 Å². The van der Waals surface area contributed by atoms with Crippen LogP contribution in [0.25, 0.3) is 0 Å². The Morgan fingerprint density at radius 2 is 2.19 bits per heavy atom. The number of hydrogen-bond acceptors (Lipinski definition) is 6. The minimum atomic E-state index is -0.404. The lowest BCUT2D eigenvalue weighted by Gasteiger charge is -2.15. The first-order valence-corrected chi connectivity index (χ1v) is 9.22. The van der Waals surface area contributed by atoms with Crippen molar-refractivity contribution in [2.75, 3.05) is 17.7 Å². The zero-order chi connectivity index (χ0) is 18.7. The standard InChI is InChI=1S/C18H18N4O3S/c1-3-25-15(24)9-22-18-16(11(2)21-22)17(26-10-14(23)20-18)13-6-4-12(8-19)5-7-13/h4-7,17H,3,9-10H2,1-2H3,(H,20,23)/t17-/m0/s1. The SMILES string of the molecule is CCOC(=O)Cn1nc(C)c2c1NC(=O)CS[C@H]2c1ccc(C#N)cc1. The molecule has 0 aliphatic carbocycles. The van der Waals surface area contributed by atoms with E-state index in [9.17, 15) is 9.59 Å². The second-order valence-corrected chi connectivity index (χ2v) is 6.88. The number of rotatable bonds is 4. The second-order valence-electron chi connectivity index (χ2n) is 5.78. The minimum Gasteiger partial charge on any atom is -0.465 e. The van der Waals surface area contributed by atoms with E-state index in [2.05, 4.69) is 16.5 Å². The number of fused-ring (bicyclic) bond motifs is 1. The number of carbonyl (C=O) groups excluding carboxylic acids is 2. The number of anilines is 1. The van der Waals surface area contributed by atoms with Gasteiger partial charge in [-0.2, -0.15) is 10.4 Å². The maximum Gasteiger partial charge on any atom is 0.327 e. The Morgan fingerprint density at radius 3 is 2.85 bits per heavy atom. The summed E-state index contributed by atoms with van der Waals surface area (Å²) in [4.78, 5) is 24.0. The molecule has 26 heavy (non-hydrogen) atoms. The van der Waals surface area contributed by atoms with Gasteiger partial charge in [0.25, 0.3) is 0 Å². The van der Waals surface area contributed by atoms with E-state index in [1.54, 1.807) is 19.1 Å². The molecule has 2 heterocycles. The van der Waals surface area contributed by atoms with Gasteiger partial charge in [-0.05, 0) is 31.5 Å². The molecule has 134 valence electrons. The number of hydrogen-bond donors (Lipinski definition) is 1. The second kappa shape index (κ2) is 7.62. The van der Waals surface area contributed by atoms with Crippen LogP contribution in [0, 0.1) is 18.3 Å². The molecule has 0 spiro atoms. The number of nitrogens with zero attached hydrogens (tertiary/aromatic N) is 3. The molecular weight excluding hydrogens is 352 g/mol. The van der Waals surface area contributed by atoms with Crippen molar-refractivity contribution in [3.8, 4) is 6.07 Å². The van der Waals surface area contributed by atoms with Gasteiger partial charge in [0.05, 0.1) is 34.9 Å². The van der Waals surface area contributed by atoms with Gasteiger partial charge in [0.15, 0.2) is 0 Å². The van der Waals surface area contributed by atoms with Gasteiger partial charge < -0.3 is 10.1 Å². The molecule has 8 heteroatoms. The van der Waals surface area contributed by atoms with E-state index in [0.29, 0.717) is 11.4 Å². The third-order valence-corrected chi connectivity index (χ3v) is 5.27. The highest BCUT2D eigenvalue weighted by Crippen LogP contribution is 2.43. The first kappa shape index (κ1) is 18.0. The summed E-state index contributed by atoms with van der Waals surface area (Å²) in [6.07, 6.45) is 0. The van der Waals surface area contributed by atoms with Crippen LogP contribution in [-0.4, -0.2) is 34.0 Å². The minimum absolute atomic E-state index is 0.0605. The monoisotopic (exact) mass is 370 g/mol. The average Bonchev–Trinajstić information content (AvgIpc) is 2.80. The van der Waals surface area contributed by atoms with Crippen LogP contribution in [0.1, 0.15) is 34.6 Å². The van der Waals surface area contributed by atoms with Crippen molar-refractivity contribution in [2.45, 2.75) is 25.6 Å². The highest BCUT2D eigenvalue weighted by molar-refractivity contribution is 8.00. The number of nitriles is 1. The van der Waals surface area contributed by atoms with Crippen LogP contribution < -0.4 is 5.32 Å². The zero-order valence-corrected chi connectivity index (χ0v) is 15.3. The average molecular weight is 370 g/mol. The predicted molar refractivity (Wildman–Crippen MR) is 97.7 cm³/mol. The van der Waals surface area contributed by atoms with Crippen LogP contribution in [0.15, 0.2) is 24.3 Å². The van der Waals surface area contributed by atoms with Gasteiger partial charge in [-0.25, -0.2) is 4.68 Å². The molecule has 0 unspecified atom stereocenters. The number of esters is 1. The number of ether oxygens (including phenoxy) is 1. The number of thioether (sulfide) groups is 1. The van der Waals surface area contributed by atoms with E-state index in [4.69, 9.17) is 10.00 Å². The van der Waals surface area contributed by atoms with Crippen molar-refractivity contribution < 1.29 is 14.3 Å². The van der Waals surface area contributed by atoms with E-state index in [1.807, 2.05) is 19.1 Å². The molecule has 0 bridgehead atoms. The lowest BCUT2D eigenvalue weighted by molar-refractivity contribution is -0.144. The quantitative estimate of drug-likeness (QED) is 0.830. The van der Waals surface area contributed by atoms with Crippen LogP contribution in [0.4, 0.5) is 5.82 Å². The molecule has 1 aromatic carbocycles. The maximum atomic E-state index is 12.2. The van der Waals surface area contributed by atoms with E-state index >= 15 is 0 Å². The fraction of sp³-hybridized carbons (Fsp3) is 0.333. The van der Waals surface area contributed by atoms with Crippen LogP contribution in [0.2, 0.25) is 0 Å². The van der Waals surface area contributed by atoms with E-state index in [-0.39, 0.29) is 30.1 Å². The third kappa shape index (κ3) is 3.58. The Labute approximate surface area is 155 Å². The summed E-state index contributed by atoms with van der Waals surface area (Å²) in [5.41, 5.74) is 3.17. The molecule has 7 nitrogen and oxygen atoms in total. The number of aryl methyl sites for hydroxylation is 1. The van der Waals surface area contributed by atoms with Gasteiger partial charge >= 0.3 is 5.97 Å². The first-order chi connectivity index (χ1) is 12.5. The number of amides is 1. The van der Waals surface area contributed by atoms with Crippen molar-refractivity contribution in [3.05, 3.63) is 46.6 Å².